The van der Waals surface area contributed by atoms with Crippen LogP contribution >= 0.6 is 27.3 Å². The second kappa shape index (κ2) is 4.34. The van der Waals surface area contributed by atoms with Gasteiger partial charge in [0.15, 0.2) is 4.96 Å². The van der Waals surface area contributed by atoms with Crippen LogP contribution in [-0.2, 0) is 5.41 Å². The Kier molecular flexibility index (Phi) is 3.06. The SMILES string of the molecule is CC(C)(C)c1csc2nc(C3CCCC3)c(Br)n12. The Balaban J connectivity index is 2.14. The molecule has 18 heavy (non-hydrogen) atoms. The Labute approximate surface area is 121 Å². The summed E-state index contributed by atoms with van der Waals surface area (Å²) < 4.78 is 3.49. The maximum Gasteiger partial charge on any atom is 0.195 e. The molecule has 2 aromatic rings. The van der Waals surface area contributed by atoms with Crippen LogP contribution in [0.3, 0.4) is 0 Å². The van der Waals surface area contributed by atoms with Crippen molar-refractivity contribution in [2.45, 2.75) is 57.8 Å². The van der Waals surface area contributed by atoms with Crippen LogP contribution in [-0.4, -0.2) is 9.38 Å². The molecule has 0 amide bonds. The van der Waals surface area contributed by atoms with Crippen molar-refractivity contribution in [3.05, 3.63) is 21.4 Å². The van der Waals surface area contributed by atoms with E-state index >= 15 is 0 Å². The molecule has 0 radical (unpaired) electrons. The molecule has 1 saturated carbocycles. The highest BCUT2D eigenvalue weighted by Crippen LogP contribution is 2.40. The quantitative estimate of drug-likeness (QED) is 0.711. The molecular weight excluding hydrogens is 308 g/mol. The van der Waals surface area contributed by atoms with Crippen LogP contribution in [0.5, 0.6) is 0 Å². The lowest BCUT2D eigenvalue weighted by Crippen LogP contribution is -2.14. The molecular formula is C14H19BrN2S. The van der Waals surface area contributed by atoms with Crippen molar-refractivity contribution >= 4 is 32.2 Å². The van der Waals surface area contributed by atoms with Gasteiger partial charge in [0.25, 0.3) is 0 Å². The first-order chi connectivity index (χ1) is 8.48. The van der Waals surface area contributed by atoms with E-state index in [9.17, 15) is 0 Å². The van der Waals surface area contributed by atoms with E-state index in [1.807, 2.05) is 0 Å². The molecule has 4 heteroatoms. The van der Waals surface area contributed by atoms with Crippen molar-refractivity contribution in [2.24, 2.45) is 0 Å². The summed E-state index contributed by atoms with van der Waals surface area (Å²) >= 11 is 5.55. The third-order valence-electron chi connectivity index (χ3n) is 3.84. The average Bonchev–Trinajstić information content (AvgIpc) is 2.94. The van der Waals surface area contributed by atoms with E-state index in [1.54, 1.807) is 11.3 Å². The molecule has 0 aliphatic heterocycles. The van der Waals surface area contributed by atoms with E-state index in [0.29, 0.717) is 5.92 Å². The van der Waals surface area contributed by atoms with Crippen LogP contribution in [0.15, 0.2) is 9.98 Å². The van der Waals surface area contributed by atoms with Gasteiger partial charge < -0.3 is 0 Å². The Hall–Kier alpha value is -0.350. The third-order valence-corrected chi connectivity index (χ3v) is 5.43. The minimum atomic E-state index is 0.161. The minimum Gasteiger partial charge on any atom is -0.281 e. The zero-order valence-corrected chi connectivity index (χ0v) is 13.6. The van der Waals surface area contributed by atoms with Crippen molar-refractivity contribution in [1.82, 2.24) is 9.38 Å². The summed E-state index contributed by atoms with van der Waals surface area (Å²) in [6.45, 7) is 6.78. The molecule has 2 nitrogen and oxygen atoms in total. The number of fused-ring (bicyclic) bond motifs is 1. The topological polar surface area (TPSA) is 17.3 Å². The van der Waals surface area contributed by atoms with E-state index in [2.05, 4.69) is 46.5 Å². The molecule has 1 fully saturated rings. The third kappa shape index (κ3) is 1.94. The summed E-state index contributed by atoms with van der Waals surface area (Å²) in [5.74, 6) is 0.666. The van der Waals surface area contributed by atoms with Gasteiger partial charge in [0.1, 0.15) is 4.60 Å². The number of hydrogen-bond donors (Lipinski definition) is 0. The smallest absolute Gasteiger partial charge is 0.195 e. The summed E-state index contributed by atoms with van der Waals surface area (Å²) in [5, 5.41) is 2.24. The molecule has 3 rings (SSSR count). The van der Waals surface area contributed by atoms with E-state index in [1.165, 1.54) is 41.7 Å². The highest BCUT2D eigenvalue weighted by atomic mass is 79.9. The van der Waals surface area contributed by atoms with Crippen molar-refractivity contribution in [2.75, 3.05) is 0 Å². The van der Waals surface area contributed by atoms with Crippen molar-refractivity contribution in [3.8, 4) is 0 Å². The second-order valence-corrected chi connectivity index (χ2v) is 7.85. The van der Waals surface area contributed by atoms with Crippen LogP contribution < -0.4 is 0 Å². The first kappa shape index (κ1) is 12.7. The molecule has 98 valence electrons. The van der Waals surface area contributed by atoms with E-state index in [4.69, 9.17) is 4.98 Å². The molecule has 0 N–H and O–H groups in total. The predicted molar refractivity (Wildman–Crippen MR) is 80.7 cm³/mol. The van der Waals surface area contributed by atoms with Gasteiger partial charge in [-0.05, 0) is 28.8 Å². The second-order valence-electron chi connectivity index (χ2n) is 6.26. The lowest BCUT2D eigenvalue weighted by molar-refractivity contribution is 0.562. The van der Waals surface area contributed by atoms with Gasteiger partial charge in [-0.25, -0.2) is 4.98 Å². The number of aromatic nitrogens is 2. The maximum atomic E-state index is 4.86. The molecule has 2 aromatic heterocycles. The summed E-state index contributed by atoms with van der Waals surface area (Å²) in [4.78, 5) is 6.00. The monoisotopic (exact) mass is 326 g/mol. The first-order valence-electron chi connectivity index (χ1n) is 6.64. The maximum absolute atomic E-state index is 4.86. The number of imidazole rings is 1. The molecule has 1 aliphatic carbocycles. The van der Waals surface area contributed by atoms with E-state index < -0.39 is 0 Å². The standard InChI is InChI=1S/C14H19BrN2S/c1-14(2,3)10-8-18-13-16-11(12(15)17(10)13)9-6-4-5-7-9/h8-9H,4-7H2,1-3H3. The lowest BCUT2D eigenvalue weighted by atomic mass is 9.93. The number of rotatable bonds is 1. The Morgan fingerprint density at radius 3 is 2.61 bits per heavy atom. The summed E-state index contributed by atoms with van der Waals surface area (Å²) in [6.07, 6.45) is 5.31. The van der Waals surface area contributed by atoms with Crippen molar-refractivity contribution in [3.63, 3.8) is 0 Å². The molecule has 0 bridgehead atoms. The molecule has 0 aromatic carbocycles. The largest absolute Gasteiger partial charge is 0.281 e. The Morgan fingerprint density at radius 2 is 2.00 bits per heavy atom. The zero-order chi connectivity index (χ0) is 12.9. The van der Waals surface area contributed by atoms with Crippen molar-refractivity contribution < 1.29 is 0 Å². The van der Waals surface area contributed by atoms with Crippen LogP contribution in [0, 0.1) is 0 Å². The zero-order valence-electron chi connectivity index (χ0n) is 11.2. The van der Waals surface area contributed by atoms with Crippen LogP contribution in [0.4, 0.5) is 0 Å². The normalized spacial score (nSPS) is 18.0. The fourth-order valence-corrected chi connectivity index (χ4v) is 4.83. The van der Waals surface area contributed by atoms with Gasteiger partial charge in [-0.2, -0.15) is 0 Å². The van der Waals surface area contributed by atoms with Crippen LogP contribution in [0.2, 0.25) is 0 Å². The summed E-state index contributed by atoms with van der Waals surface area (Å²) in [6, 6.07) is 0. The minimum absolute atomic E-state index is 0.161. The van der Waals surface area contributed by atoms with Gasteiger partial charge in [0.05, 0.1) is 5.69 Å². The summed E-state index contributed by atoms with van der Waals surface area (Å²) in [5.41, 5.74) is 2.80. The number of thiazole rings is 1. The van der Waals surface area contributed by atoms with Gasteiger partial charge >= 0.3 is 0 Å². The van der Waals surface area contributed by atoms with Gasteiger partial charge in [-0.3, -0.25) is 4.40 Å². The van der Waals surface area contributed by atoms with Crippen LogP contribution in [0.25, 0.3) is 4.96 Å². The molecule has 1 aliphatic rings. The highest BCUT2D eigenvalue weighted by Gasteiger charge is 2.27. The molecule has 0 unspecified atom stereocenters. The fraction of sp³-hybridized carbons (Fsp3) is 0.643. The van der Waals surface area contributed by atoms with Crippen LogP contribution in [0.1, 0.15) is 63.8 Å². The highest BCUT2D eigenvalue weighted by molar-refractivity contribution is 9.10. The predicted octanol–water partition coefficient (Wildman–Crippen LogP) is 5.11. The Bertz CT molecular complexity index is 570. The van der Waals surface area contributed by atoms with E-state index in [-0.39, 0.29) is 5.41 Å². The molecule has 0 atom stereocenters. The lowest BCUT2D eigenvalue weighted by Gasteiger charge is -2.18. The Morgan fingerprint density at radius 1 is 1.33 bits per heavy atom. The number of halogens is 1. The molecule has 2 heterocycles. The van der Waals surface area contributed by atoms with Gasteiger partial charge in [0, 0.05) is 22.4 Å². The van der Waals surface area contributed by atoms with Gasteiger partial charge in [-0.15, -0.1) is 11.3 Å². The summed E-state index contributed by atoms with van der Waals surface area (Å²) in [7, 11) is 0. The van der Waals surface area contributed by atoms with Gasteiger partial charge in [-0.1, -0.05) is 33.6 Å². The number of hydrogen-bond acceptors (Lipinski definition) is 2. The van der Waals surface area contributed by atoms with Crippen molar-refractivity contribution in [1.29, 1.82) is 0 Å². The number of nitrogens with zero attached hydrogens (tertiary/aromatic N) is 2. The average molecular weight is 327 g/mol. The van der Waals surface area contributed by atoms with Gasteiger partial charge in [0.2, 0.25) is 0 Å². The van der Waals surface area contributed by atoms with E-state index in [0.717, 1.165) is 4.96 Å². The first-order valence-corrected chi connectivity index (χ1v) is 8.31. The molecule has 0 saturated heterocycles. The fourth-order valence-electron chi connectivity index (χ4n) is 2.82. The molecule has 0 spiro atoms.